The van der Waals surface area contributed by atoms with Crippen molar-refractivity contribution in [1.82, 2.24) is 4.72 Å². The van der Waals surface area contributed by atoms with E-state index in [4.69, 9.17) is 10.5 Å². The molecule has 0 bridgehead atoms. The van der Waals surface area contributed by atoms with Crippen molar-refractivity contribution < 1.29 is 13.2 Å². The number of sulfonamides is 1. The van der Waals surface area contributed by atoms with Crippen molar-refractivity contribution in [1.29, 1.82) is 0 Å². The molecule has 2 rings (SSSR count). The molecule has 0 aliphatic carbocycles. The lowest BCUT2D eigenvalue weighted by molar-refractivity contribution is 0.482. The van der Waals surface area contributed by atoms with E-state index in [1.807, 2.05) is 12.1 Å². The Labute approximate surface area is 132 Å². The Kier molecular flexibility index (Phi) is 4.87. The summed E-state index contributed by atoms with van der Waals surface area (Å²) < 4.78 is 32.9. The van der Waals surface area contributed by atoms with Gasteiger partial charge in [-0.3, -0.25) is 0 Å². The van der Waals surface area contributed by atoms with Crippen molar-refractivity contribution in [3.05, 3.63) is 46.9 Å². The van der Waals surface area contributed by atoms with Gasteiger partial charge in [0.25, 0.3) is 0 Å². The Morgan fingerprint density at radius 3 is 2.67 bits per heavy atom. The smallest absolute Gasteiger partial charge is 0.240 e. The van der Waals surface area contributed by atoms with E-state index in [-0.39, 0.29) is 4.90 Å². The maximum atomic E-state index is 12.0. The number of benzene rings is 2. The molecule has 0 unspecified atom stereocenters. The molecule has 0 spiro atoms. The van der Waals surface area contributed by atoms with Gasteiger partial charge in [-0.25, -0.2) is 13.1 Å². The highest BCUT2D eigenvalue weighted by Crippen LogP contribution is 2.31. The number of nitrogens with two attached hydrogens (primary N) is 1. The third-order valence-corrected chi connectivity index (χ3v) is 4.69. The van der Waals surface area contributed by atoms with Gasteiger partial charge in [0, 0.05) is 17.1 Å². The van der Waals surface area contributed by atoms with Crippen LogP contribution in [0.5, 0.6) is 11.5 Å². The average molecular weight is 371 g/mol. The first-order valence-electron chi connectivity index (χ1n) is 6.25. The fourth-order valence-corrected chi connectivity index (χ4v) is 3.14. The van der Waals surface area contributed by atoms with Gasteiger partial charge in [0.15, 0.2) is 5.75 Å². The lowest BCUT2D eigenvalue weighted by atomic mass is 10.3. The minimum atomic E-state index is -3.54. The monoisotopic (exact) mass is 370 g/mol. The van der Waals surface area contributed by atoms with Crippen LogP contribution < -0.4 is 15.2 Å². The van der Waals surface area contributed by atoms with Crippen LogP contribution >= 0.6 is 15.9 Å². The Bertz CT molecular complexity index is 748. The molecule has 0 saturated heterocycles. The number of ether oxygens (including phenoxy) is 1. The third-order valence-electron chi connectivity index (χ3n) is 2.65. The second kappa shape index (κ2) is 6.46. The average Bonchev–Trinajstić information content (AvgIpc) is 2.41. The Balaban J connectivity index is 2.36. The first-order chi connectivity index (χ1) is 9.92. The maximum absolute atomic E-state index is 12.0. The van der Waals surface area contributed by atoms with Gasteiger partial charge >= 0.3 is 0 Å². The third kappa shape index (κ3) is 3.96. The van der Waals surface area contributed by atoms with Crippen LogP contribution in [-0.2, 0) is 10.0 Å². The van der Waals surface area contributed by atoms with Crippen molar-refractivity contribution >= 4 is 31.6 Å². The van der Waals surface area contributed by atoms with Crippen molar-refractivity contribution in [3.63, 3.8) is 0 Å². The topological polar surface area (TPSA) is 81.4 Å². The summed E-state index contributed by atoms with van der Waals surface area (Å²) in [7, 11) is -3.54. The fourth-order valence-electron chi connectivity index (χ4n) is 1.70. The lowest BCUT2D eigenvalue weighted by Crippen LogP contribution is -2.23. The molecule has 0 radical (unpaired) electrons. The summed E-state index contributed by atoms with van der Waals surface area (Å²) in [6.45, 7) is 2.03. The summed E-state index contributed by atoms with van der Waals surface area (Å²) in [5, 5.41) is 0. The van der Waals surface area contributed by atoms with Gasteiger partial charge in [-0.2, -0.15) is 0 Å². The van der Waals surface area contributed by atoms with Crippen molar-refractivity contribution in [2.45, 2.75) is 11.8 Å². The molecule has 7 heteroatoms. The van der Waals surface area contributed by atoms with Crippen LogP contribution in [0.25, 0.3) is 0 Å². The molecule has 0 aliphatic heterocycles. The highest BCUT2D eigenvalue weighted by Gasteiger charge is 2.15. The van der Waals surface area contributed by atoms with Crippen LogP contribution in [0.4, 0.5) is 5.69 Å². The molecular weight excluding hydrogens is 356 g/mol. The molecule has 3 N–H and O–H groups in total. The summed E-state index contributed by atoms with van der Waals surface area (Å²) >= 11 is 3.34. The highest BCUT2D eigenvalue weighted by molar-refractivity contribution is 9.10. The number of hydrogen-bond acceptors (Lipinski definition) is 4. The van der Waals surface area contributed by atoms with E-state index in [1.54, 1.807) is 19.1 Å². The van der Waals surface area contributed by atoms with Gasteiger partial charge in [-0.15, -0.1) is 0 Å². The van der Waals surface area contributed by atoms with Crippen molar-refractivity contribution in [3.8, 4) is 11.5 Å². The molecule has 0 saturated carbocycles. The quantitative estimate of drug-likeness (QED) is 0.792. The summed E-state index contributed by atoms with van der Waals surface area (Å²) in [6, 6.07) is 11.6. The summed E-state index contributed by atoms with van der Waals surface area (Å²) in [5.41, 5.74) is 6.21. The van der Waals surface area contributed by atoms with Gasteiger partial charge < -0.3 is 10.5 Å². The predicted molar refractivity (Wildman–Crippen MR) is 85.9 cm³/mol. The molecule has 0 aromatic heterocycles. The summed E-state index contributed by atoms with van der Waals surface area (Å²) in [6.07, 6.45) is 0. The second-order valence-corrected chi connectivity index (χ2v) is 6.94. The van der Waals surface area contributed by atoms with Gasteiger partial charge in [0.05, 0.1) is 10.6 Å². The molecule has 2 aromatic rings. The Morgan fingerprint density at radius 2 is 2.00 bits per heavy atom. The molecule has 0 atom stereocenters. The highest BCUT2D eigenvalue weighted by atomic mass is 79.9. The normalized spacial score (nSPS) is 11.3. The molecule has 0 heterocycles. The number of halogens is 1. The van der Waals surface area contributed by atoms with E-state index in [2.05, 4.69) is 20.7 Å². The number of nitrogens with one attached hydrogen (secondary N) is 1. The van der Waals surface area contributed by atoms with Crippen LogP contribution in [-0.4, -0.2) is 15.0 Å². The zero-order valence-electron chi connectivity index (χ0n) is 11.3. The molecule has 5 nitrogen and oxygen atoms in total. The first-order valence-corrected chi connectivity index (χ1v) is 8.52. The second-order valence-electron chi connectivity index (χ2n) is 4.26. The van der Waals surface area contributed by atoms with Crippen LogP contribution in [0.3, 0.4) is 0 Å². The largest absolute Gasteiger partial charge is 0.455 e. The fraction of sp³-hybridized carbons (Fsp3) is 0.143. The molecule has 0 amide bonds. The minimum absolute atomic E-state index is 0.114. The first kappa shape index (κ1) is 15.8. The molecule has 21 heavy (non-hydrogen) atoms. The lowest BCUT2D eigenvalue weighted by Gasteiger charge is -2.11. The van der Waals surface area contributed by atoms with Crippen molar-refractivity contribution in [2.24, 2.45) is 0 Å². The molecular formula is C14H15BrN2O3S. The van der Waals surface area contributed by atoms with Crippen LogP contribution in [0, 0.1) is 0 Å². The zero-order chi connectivity index (χ0) is 15.5. The molecule has 0 aliphatic rings. The molecule has 0 fully saturated rings. The zero-order valence-corrected chi connectivity index (χ0v) is 13.7. The van der Waals surface area contributed by atoms with E-state index in [9.17, 15) is 8.42 Å². The number of hydrogen-bond donors (Lipinski definition) is 2. The summed E-state index contributed by atoms with van der Waals surface area (Å²) in [4.78, 5) is 0.114. The van der Waals surface area contributed by atoms with E-state index < -0.39 is 10.0 Å². The van der Waals surface area contributed by atoms with Gasteiger partial charge in [-0.1, -0.05) is 28.9 Å². The van der Waals surface area contributed by atoms with Crippen LogP contribution in [0.2, 0.25) is 0 Å². The van der Waals surface area contributed by atoms with Crippen LogP contribution in [0.15, 0.2) is 51.8 Å². The Hall–Kier alpha value is -1.57. The van der Waals surface area contributed by atoms with Gasteiger partial charge in [0.1, 0.15) is 5.75 Å². The predicted octanol–water partition coefficient (Wildman–Crippen LogP) is 3.12. The van der Waals surface area contributed by atoms with E-state index >= 15 is 0 Å². The maximum Gasteiger partial charge on any atom is 0.240 e. The van der Waals surface area contributed by atoms with Gasteiger partial charge in [0.2, 0.25) is 10.0 Å². The van der Waals surface area contributed by atoms with E-state index in [1.165, 1.54) is 18.2 Å². The SMILES string of the molecule is CCNS(=O)(=O)c1ccc(N)c(Oc2cccc(Br)c2)c1. The van der Waals surface area contributed by atoms with Gasteiger partial charge in [-0.05, 0) is 30.3 Å². The van der Waals surface area contributed by atoms with Crippen LogP contribution in [0.1, 0.15) is 6.92 Å². The summed E-state index contributed by atoms with van der Waals surface area (Å²) in [5.74, 6) is 0.862. The number of anilines is 1. The standard InChI is InChI=1S/C14H15BrN2O3S/c1-2-17-21(18,19)12-6-7-13(16)14(9-12)20-11-5-3-4-10(15)8-11/h3-9,17H,2,16H2,1H3. The minimum Gasteiger partial charge on any atom is -0.455 e. The van der Waals surface area contributed by atoms with E-state index in [0.717, 1.165) is 4.47 Å². The van der Waals surface area contributed by atoms with Crippen molar-refractivity contribution in [2.75, 3.05) is 12.3 Å². The molecule has 2 aromatic carbocycles. The number of rotatable bonds is 5. The van der Waals surface area contributed by atoms with E-state index in [0.29, 0.717) is 23.7 Å². The number of nitrogen functional groups attached to an aromatic ring is 1. The Morgan fingerprint density at radius 1 is 1.24 bits per heavy atom. The molecule has 112 valence electrons.